The van der Waals surface area contributed by atoms with Gasteiger partial charge in [0.15, 0.2) is 17.3 Å². The monoisotopic (exact) mass is 338 g/mol. The molecule has 130 valence electrons. The van der Waals surface area contributed by atoms with Gasteiger partial charge in [0.2, 0.25) is 0 Å². The number of amidine groups is 1. The molecule has 0 spiro atoms. The van der Waals surface area contributed by atoms with E-state index in [9.17, 15) is 4.79 Å². The van der Waals surface area contributed by atoms with E-state index in [0.717, 1.165) is 24.5 Å². The smallest absolute Gasteiger partial charge is 0.193 e. The van der Waals surface area contributed by atoms with Gasteiger partial charge in [-0.25, -0.2) is 0 Å². The second kappa shape index (κ2) is 7.83. The zero-order valence-corrected chi connectivity index (χ0v) is 14.5. The lowest BCUT2D eigenvalue weighted by Crippen LogP contribution is -2.22. The summed E-state index contributed by atoms with van der Waals surface area (Å²) < 4.78 is 11.2. The van der Waals surface area contributed by atoms with Crippen LogP contribution in [0.4, 0.5) is 0 Å². The van der Waals surface area contributed by atoms with Crippen LogP contribution < -0.4 is 14.8 Å². The third-order valence-electron chi connectivity index (χ3n) is 3.91. The summed E-state index contributed by atoms with van der Waals surface area (Å²) in [5.74, 6) is 1.95. The minimum Gasteiger partial charge on any atom is -0.490 e. The second-order valence-electron chi connectivity index (χ2n) is 5.56. The number of nitrogens with zero attached hydrogens (tertiary/aromatic N) is 1. The number of aliphatic imine (C=N–C) groups is 1. The number of benzene rings is 2. The van der Waals surface area contributed by atoms with E-state index in [1.54, 1.807) is 18.2 Å². The molecule has 0 radical (unpaired) electrons. The van der Waals surface area contributed by atoms with Crippen molar-refractivity contribution >= 4 is 11.6 Å². The lowest BCUT2D eigenvalue weighted by molar-refractivity contribution is 0.103. The molecule has 25 heavy (non-hydrogen) atoms. The molecule has 5 heteroatoms. The zero-order chi connectivity index (χ0) is 17.6. The molecule has 1 aliphatic rings. The fourth-order valence-electron chi connectivity index (χ4n) is 2.81. The van der Waals surface area contributed by atoms with E-state index >= 15 is 0 Å². The van der Waals surface area contributed by atoms with Crippen LogP contribution in [0, 0.1) is 0 Å². The van der Waals surface area contributed by atoms with Crippen molar-refractivity contribution in [3.05, 3.63) is 59.2 Å². The number of ether oxygens (including phenoxy) is 2. The van der Waals surface area contributed by atoms with Gasteiger partial charge in [0.1, 0.15) is 5.84 Å². The SMILES string of the molecule is CCOc1ccc(C(=O)c2ccccc2C2=NCCN2)cc1OCC. The average Bonchev–Trinajstić information content (AvgIpc) is 3.17. The van der Waals surface area contributed by atoms with E-state index < -0.39 is 0 Å². The summed E-state index contributed by atoms with van der Waals surface area (Å²) in [5.41, 5.74) is 2.03. The first kappa shape index (κ1) is 17.0. The summed E-state index contributed by atoms with van der Waals surface area (Å²) in [6.45, 7) is 6.41. The maximum absolute atomic E-state index is 13.1. The van der Waals surface area contributed by atoms with Crippen molar-refractivity contribution in [1.29, 1.82) is 0 Å². The lowest BCUT2D eigenvalue weighted by atomic mass is 9.97. The molecule has 3 rings (SSSR count). The predicted octanol–water partition coefficient (Wildman–Crippen LogP) is 3.06. The standard InChI is InChI=1S/C20H22N2O3/c1-3-24-17-10-9-14(13-18(17)25-4-2)19(23)15-7-5-6-8-16(15)20-21-11-12-22-20/h5-10,13H,3-4,11-12H2,1-2H3,(H,21,22). The van der Waals surface area contributed by atoms with Gasteiger partial charge >= 0.3 is 0 Å². The molecule has 0 amide bonds. The van der Waals surface area contributed by atoms with Crippen LogP contribution in [0.1, 0.15) is 35.3 Å². The van der Waals surface area contributed by atoms with Crippen LogP contribution in [0.2, 0.25) is 0 Å². The van der Waals surface area contributed by atoms with Crippen molar-refractivity contribution in [2.75, 3.05) is 26.3 Å². The van der Waals surface area contributed by atoms with E-state index in [-0.39, 0.29) is 5.78 Å². The van der Waals surface area contributed by atoms with Crippen molar-refractivity contribution < 1.29 is 14.3 Å². The molecule has 0 aliphatic carbocycles. The molecule has 0 bridgehead atoms. The van der Waals surface area contributed by atoms with Gasteiger partial charge in [0, 0.05) is 23.2 Å². The minimum absolute atomic E-state index is 0.0593. The van der Waals surface area contributed by atoms with Crippen LogP contribution in [0.5, 0.6) is 11.5 Å². The van der Waals surface area contributed by atoms with Gasteiger partial charge in [-0.2, -0.15) is 0 Å². The molecule has 2 aromatic carbocycles. The van der Waals surface area contributed by atoms with Gasteiger partial charge in [-0.05, 0) is 32.0 Å². The molecule has 1 aliphatic heterocycles. The van der Waals surface area contributed by atoms with Gasteiger partial charge in [-0.3, -0.25) is 9.79 Å². The molecule has 0 aromatic heterocycles. The number of carbonyl (C=O) groups excluding carboxylic acids is 1. The Morgan fingerprint density at radius 1 is 1.08 bits per heavy atom. The molecule has 2 aromatic rings. The highest BCUT2D eigenvalue weighted by Crippen LogP contribution is 2.30. The number of carbonyl (C=O) groups is 1. The topological polar surface area (TPSA) is 59.9 Å². The van der Waals surface area contributed by atoms with E-state index in [1.807, 2.05) is 38.1 Å². The number of ketones is 1. The van der Waals surface area contributed by atoms with Gasteiger partial charge < -0.3 is 14.8 Å². The van der Waals surface area contributed by atoms with E-state index in [1.165, 1.54) is 0 Å². The molecule has 0 fully saturated rings. The number of nitrogens with one attached hydrogen (secondary N) is 1. The van der Waals surface area contributed by atoms with Gasteiger partial charge in [0.25, 0.3) is 0 Å². The van der Waals surface area contributed by atoms with Crippen molar-refractivity contribution in [3.63, 3.8) is 0 Å². The number of rotatable bonds is 7. The lowest BCUT2D eigenvalue weighted by Gasteiger charge is -2.13. The fraction of sp³-hybridized carbons (Fsp3) is 0.300. The molecular formula is C20H22N2O3. The van der Waals surface area contributed by atoms with Gasteiger partial charge in [-0.15, -0.1) is 0 Å². The first-order valence-electron chi connectivity index (χ1n) is 8.56. The molecule has 0 saturated heterocycles. The second-order valence-corrected chi connectivity index (χ2v) is 5.56. The fourth-order valence-corrected chi connectivity index (χ4v) is 2.81. The molecule has 0 saturated carbocycles. The zero-order valence-electron chi connectivity index (χ0n) is 14.5. The van der Waals surface area contributed by atoms with Crippen LogP contribution >= 0.6 is 0 Å². The van der Waals surface area contributed by atoms with Crippen molar-refractivity contribution in [2.45, 2.75) is 13.8 Å². The maximum atomic E-state index is 13.1. The normalized spacial score (nSPS) is 13.1. The van der Waals surface area contributed by atoms with Crippen molar-refractivity contribution in [3.8, 4) is 11.5 Å². The van der Waals surface area contributed by atoms with Crippen molar-refractivity contribution in [2.24, 2.45) is 4.99 Å². The molecule has 0 atom stereocenters. The maximum Gasteiger partial charge on any atom is 0.193 e. The van der Waals surface area contributed by atoms with Crippen LogP contribution in [0.3, 0.4) is 0 Å². The number of hydrogen-bond donors (Lipinski definition) is 1. The third-order valence-corrected chi connectivity index (χ3v) is 3.91. The summed E-state index contributed by atoms with van der Waals surface area (Å²) in [5, 5.41) is 3.23. The highest BCUT2D eigenvalue weighted by atomic mass is 16.5. The Morgan fingerprint density at radius 3 is 2.56 bits per heavy atom. The van der Waals surface area contributed by atoms with Gasteiger partial charge in [0.05, 0.1) is 19.8 Å². The molecule has 5 nitrogen and oxygen atoms in total. The molecular weight excluding hydrogens is 316 g/mol. The van der Waals surface area contributed by atoms with Crippen LogP contribution in [0.25, 0.3) is 0 Å². The summed E-state index contributed by atoms with van der Waals surface area (Å²) in [6.07, 6.45) is 0. The summed E-state index contributed by atoms with van der Waals surface area (Å²) in [4.78, 5) is 17.5. The Kier molecular flexibility index (Phi) is 5.33. The Hall–Kier alpha value is -2.82. The van der Waals surface area contributed by atoms with E-state index in [0.29, 0.717) is 35.8 Å². The molecule has 1 heterocycles. The molecule has 1 N–H and O–H groups in total. The Labute approximate surface area is 147 Å². The highest BCUT2D eigenvalue weighted by Gasteiger charge is 2.19. The van der Waals surface area contributed by atoms with E-state index in [2.05, 4.69) is 10.3 Å². The van der Waals surface area contributed by atoms with E-state index in [4.69, 9.17) is 9.47 Å². The van der Waals surface area contributed by atoms with Crippen LogP contribution in [0.15, 0.2) is 47.5 Å². The Bertz CT molecular complexity index is 799. The highest BCUT2D eigenvalue weighted by molar-refractivity contribution is 6.16. The predicted molar refractivity (Wildman–Crippen MR) is 98.1 cm³/mol. The Morgan fingerprint density at radius 2 is 1.84 bits per heavy atom. The minimum atomic E-state index is -0.0593. The summed E-state index contributed by atoms with van der Waals surface area (Å²) in [6, 6.07) is 12.8. The summed E-state index contributed by atoms with van der Waals surface area (Å²) in [7, 11) is 0. The third kappa shape index (κ3) is 3.65. The average molecular weight is 338 g/mol. The number of hydrogen-bond acceptors (Lipinski definition) is 5. The van der Waals surface area contributed by atoms with Crippen LogP contribution in [-0.4, -0.2) is 37.9 Å². The first-order valence-corrected chi connectivity index (χ1v) is 8.56. The first-order chi connectivity index (χ1) is 12.2. The Balaban J connectivity index is 1.97. The quantitative estimate of drug-likeness (QED) is 0.788. The van der Waals surface area contributed by atoms with Crippen LogP contribution in [-0.2, 0) is 0 Å². The summed E-state index contributed by atoms with van der Waals surface area (Å²) >= 11 is 0. The molecule has 0 unspecified atom stereocenters. The largest absolute Gasteiger partial charge is 0.490 e. The van der Waals surface area contributed by atoms with Gasteiger partial charge in [-0.1, -0.05) is 24.3 Å². The van der Waals surface area contributed by atoms with Crippen molar-refractivity contribution in [1.82, 2.24) is 5.32 Å².